The second-order valence-corrected chi connectivity index (χ2v) is 17.9. The molecule has 296 valence electrons. The van der Waals surface area contributed by atoms with Gasteiger partial charge in [0.15, 0.2) is 0 Å². The Labute approximate surface area is 370 Å². The van der Waals surface area contributed by atoms with Crippen molar-refractivity contribution in [3.05, 3.63) is 236 Å². The van der Waals surface area contributed by atoms with Crippen LogP contribution >= 0.6 is 11.3 Å². The minimum atomic E-state index is 0.235. The second-order valence-electron chi connectivity index (χ2n) is 16.8. The molecule has 2 nitrogen and oxygen atoms in total. The van der Waals surface area contributed by atoms with Crippen molar-refractivity contribution in [1.29, 1.82) is 0 Å². The number of nitrogens with zero attached hydrogens (tertiary/aromatic N) is 2. The summed E-state index contributed by atoms with van der Waals surface area (Å²) in [5.74, 6) is 0.331. The molecule has 11 aromatic rings. The molecule has 0 bridgehead atoms. The molecule has 0 fully saturated rings. The lowest BCUT2D eigenvalue weighted by Gasteiger charge is -2.31. The van der Waals surface area contributed by atoms with Crippen LogP contribution in [0.25, 0.3) is 74.7 Å². The normalized spacial score (nSPS) is 15.5. The molecule has 0 amide bonds. The van der Waals surface area contributed by atoms with E-state index in [1.165, 1.54) is 91.7 Å². The molecular formula is C60H40N2S. The molecule has 0 saturated heterocycles. The smallest absolute Gasteiger partial charge is 0.0629 e. The van der Waals surface area contributed by atoms with E-state index >= 15 is 0 Å². The Morgan fingerprint density at radius 3 is 1.63 bits per heavy atom. The monoisotopic (exact) mass is 820 g/mol. The highest BCUT2D eigenvalue weighted by Crippen LogP contribution is 2.50. The van der Waals surface area contributed by atoms with E-state index in [9.17, 15) is 0 Å². The maximum absolute atomic E-state index is 2.54. The SMILES string of the molecule is C1=CC2c3ccccc3N(c3ccccc3-c3ccc(N(c4ccc(-c5ccc6c(c5)sc5ccccc56)cc4)c4ccc5c6ccccc6c6ccccc6c5c4)cc3)C2C=C1. The average Bonchev–Trinajstić information content (AvgIpc) is 3.90. The van der Waals surface area contributed by atoms with Gasteiger partial charge in [-0.3, -0.25) is 0 Å². The molecule has 2 unspecified atom stereocenters. The number of allylic oxidation sites excluding steroid dienone is 2. The summed E-state index contributed by atoms with van der Waals surface area (Å²) in [6, 6.07) is 76.6. The summed E-state index contributed by atoms with van der Waals surface area (Å²) in [5.41, 5.74) is 12.1. The van der Waals surface area contributed by atoms with Gasteiger partial charge in [-0.1, -0.05) is 170 Å². The number of hydrogen-bond donors (Lipinski definition) is 0. The van der Waals surface area contributed by atoms with Gasteiger partial charge in [-0.2, -0.15) is 0 Å². The molecule has 0 radical (unpaired) electrons. The van der Waals surface area contributed by atoms with E-state index in [4.69, 9.17) is 0 Å². The number of hydrogen-bond acceptors (Lipinski definition) is 3. The highest BCUT2D eigenvalue weighted by molar-refractivity contribution is 7.25. The number of para-hydroxylation sites is 2. The van der Waals surface area contributed by atoms with Crippen molar-refractivity contribution < 1.29 is 0 Å². The van der Waals surface area contributed by atoms with Gasteiger partial charge < -0.3 is 9.80 Å². The minimum Gasteiger partial charge on any atom is -0.333 e. The van der Waals surface area contributed by atoms with Crippen molar-refractivity contribution in [2.24, 2.45) is 0 Å². The van der Waals surface area contributed by atoms with Crippen molar-refractivity contribution in [1.82, 2.24) is 0 Å². The number of thiophene rings is 1. The first-order chi connectivity index (χ1) is 31.2. The van der Waals surface area contributed by atoms with E-state index in [0.29, 0.717) is 5.92 Å². The molecule has 1 aliphatic heterocycles. The maximum atomic E-state index is 2.54. The van der Waals surface area contributed by atoms with Crippen LogP contribution in [0.3, 0.4) is 0 Å². The van der Waals surface area contributed by atoms with Crippen LogP contribution in [0.2, 0.25) is 0 Å². The summed E-state index contributed by atoms with van der Waals surface area (Å²) < 4.78 is 2.65. The van der Waals surface area contributed by atoms with Gasteiger partial charge in [-0.05, 0) is 115 Å². The number of benzene rings is 10. The van der Waals surface area contributed by atoms with Gasteiger partial charge >= 0.3 is 0 Å². The van der Waals surface area contributed by atoms with Gasteiger partial charge in [-0.15, -0.1) is 11.3 Å². The summed E-state index contributed by atoms with van der Waals surface area (Å²) in [6.07, 6.45) is 9.09. The summed E-state index contributed by atoms with van der Waals surface area (Å²) in [5, 5.41) is 10.3. The maximum Gasteiger partial charge on any atom is 0.0629 e. The first-order valence-electron chi connectivity index (χ1n) is 21.8. The molecule has 2 heterocycles. The zero-order valence-electron chi connectivity index (χ0n) is 34.4. The zero-order valence-corrected chi connectivity index (χ0v) is 35.2. The zero-order chi connectivity index (χ0) is 41.4. The van der Waals surface area contributed by atoms with E-state index in [-0.39, 0.29) is 6.04 Å². The van der Waals surface area contributed by atoms with Crippen LogP contribution in [-0.4, -0.2) is 6.04 Å². The molecule has 0 spiro atoms. The average molecular weight is 821 g/mol. The Hall–Kier alpha value is -7.72. The third-order valence-electron chi connectivity index (χ3n) is 13.4. The van der Waals surface area contributed by atoms with Gasteiger partial charge in [0, 0.05) is 60.1 Å². The van der Waals surface area contributed by atoms with Gasteiger partial charge in [0.1, 0.15) is 0 Å². The Morgan fingerprint density at radius 2 is 0.889 bits per heavy atom. The highest BCUT2D eigenvalue weighted by Gasteiger charge is 2.37. The van der Waals surface area contributed by atoms with Crippen LogP contribution in [0.5, 0.6) is 0 Å². The van der Waals surface area contributed by atoms with E-state index in [1.807, 2.05) is 11.3 Å². The number of anilines is 5. The predicted molar refractivity (Wildman–Crippen MR) is 271 cm³/mol. The standard InChI is InChI=1S/C60H40N2S/c1-2-16-48-46(14-1)47-15-3-4-17-49(47)55-38-44(34-36-50(48)55)61(42-30-25-39(26-31-42)41-29-35-54-53-20-8-12-24-59(53)63-60(54)37-41)43-32-27-40(28-33-43)45-13-5-9-21-56(45)62-57-22-10-6-18-51(57)52-19-7-11-23-58(52)62/h1-38,51,57H. The van der Waals surface area contributed by atoms with Crippen LogP contribution in [0.1, 0.15) is 11.5 Å². The minimum absolute atomic E-state index is 0.235. The van der Waals surface area contributed by atoms with Crippen LogP contribution in [0.15, 0.2) is 231 Å². The molecule has 1 aromatic heterocycles. The molecule has 10 aromatic carbocycles. The van der Waals surface area contributed by atoms with Crippen LogP contribution in [0, 0.1) is 0 Å². The Kier molecular flexibility index (Phi) is 8.25. The molecule has 0 saturated carbocycles. The van der Waals surface area contributed by atoms with E-state index in [0.717, 1.165) is 17.1 Å². The van der Waals surface area contributed by atoms with E-state index in [1.54, 1.807) is 0 Å². The molecule has 2 aliphatic rings. The van der Waals surface area contributed by atoms with Crippen LogP contribution in [-0.2, 0) is 0 Å². The first kappa shape index (κ1) is 36.0. The molecular weight excluding hydrogens is 781 g/mol. The Bertz CT molecular complexity index is 3620. The molecule has 3 heteroatoms. The van der Waals surface area contributed by atoms with Crippen molar-refractivity contribution in [2.75, 3.05) is 9.80 Å². The first-order valence-corrected chi connectivity index (χ1v) is 22.6. The van der Waals surface area contributed by atoms with Crippen molar-refractivity contribution in [2.45, 2.75) is 12.0 Å². The third kappa shape index (κ3) is 5.78. The fourth-order valence-corrected chi connectivity index (χ4v) is 11.6. The largest absolute Gasteiger partial charge is 0.333 e. The lowest BCUT2D eigenvalue weighted by Crippen LogP contribution is -2.28. The lowest BCUT2D eigenvalue weighted by molar-refractivity contribution is 0.745. The van der Waals surface area contributed by atoms with Crippen molar-refractivity contribution in [3.63, 3.8) is 0 Å². The van der Waals surface area contributed by atoms with Crippen LogP contribution < -0.4 is 9.80 Å². The summed E-state index contributed by atoms with van der Waals surface area (Å²) in [6.45, 7) is 0. The number of rotatable bonds is 6. The van der Waals surface area contributed by atoms with E-state index < -0.39 is 0 Å². The lowest BCUT2D eigenvalue weighted by atomic mass is 9.91. The van der Waals surface area contributed by atoms with E-state index in [2.05, 4.69) is 240 Å². The third-order valence-corrected chi connectivity index (χ3v) is 14.5. The topological polar surface area (TPSA) is 6.48 Å². The molecule has 13 rings (SSSR count). The predicted octanol–water partition coefficient (Wildman–Crippen LogP) is 17.0. The molecule has 2 atom stereocenters. The summed E-state index contributed by atoms with van der Waals surface area (Å²) in [7, 11) is 0. The van der Waals surface area contributed by atoms with Gasteiger partial charge in [0.2, 0.25) is 0 Å². The van der Waals surface area contributed by atoms with Crippen LogP contribution in [0.4, 0.5) is 28.4 Å². The van der Waals surface area contributed by atoms with Crippen molar-refractivity contribution in [3.8, 4) is 22.3 Å². The fourth-order valence-electron chi connectivity index (χ4n) is 10.5. The number of fused-ring (bicyclic) bond motifs is 12. The molecule has 1 aliphatic carbocycles. The van der Waals surface area contributed by atoms with Gasteiger partial charge in [0.05, 0.1) is 6.04 Å². The van der Waals surface area contributed by atoms with Gasteiger partial charge in [0.25, 0.3) is 0 Å². The summed E-state index contributed by atoms with van der Waals surface area (Å²) >= 11 is 1.87. The molecule has 0 N–H and O–H groups in total. The Balaban J connectivity index is 0.934. The Morgan fingerprint density at radius 1 is 0.365 bits per heavy atom. The summed E-state index contributed by atoms with van der Waals surface area (Å²) in [4.78, 5) is 4.96. The second kappa shape index (κ2) is 14.4. The fraction of sp³-hybridized carbons (Fsp3) is 0.0333. The van der Waals surface area contributed by atoms with Gasteiger partial charge in [-0.25, -0.2) is 0 Å². The van der Waals surface area contributed by atoms with Crippen molar-refractivity contribution >= 4 is 92.3 Å². The highest BCUT2D eigenvalue weighted by atomic mass is 32.1. The molecule has 63 heavy (non-hydrogen) atoms. The quantitative estimate of drug-likeness (QED) is 0.154.